The number of aromatic nitrogens is 1. The van der Waals surface area contributed by atoms with E-state index in [1.165, 1.54) is 22.0 Å². The van der Waals surface area contributed by atoms with Gasteiger partial charge in [-0.15, -0.1) is 11.3 Å². The number of ether oxygens (including phenoxy) is 1. The molecule has 0 radical (unpaired) electrons. The van der Waals surface area contributed by atoms with E-state index in [1.807, 2.05) is 26.8 Å². The fourth-order valence-corrected chi connectivity index (χ4v) is 4.13. The van der Waals surface area contributed by atoms with Crippen LogP contribution < -0.4 is 9.54 Å². The van der Waals surface area contributed by atoms with Crippen LogP contribution in [0.15, 0.2) is 34.4 Å². The average Bonchev–Trinajstić information content (AvgIpc) is 3.11. The van der Waals surface area contributed by atoms with Crippen molar-refractivity contribution in [2.24, 2.45) is 9.98 Å². The quantitative estimate of drug-likeness (QED) is 0.328. The Hall–Kier alpha value is -3.11. The maximum absolute atomic E-state index is 12.9. The summed E-state index contributed by atoms with van der Waals surface area (Å²) in [6.07, 6.45) is 0.950. The third-order valence-corrected chi connectivity index (χ3v) is 6.59. The van der Waals surface area contributed by atoms with Gasteiger partial charge >= 0.3 is 6.18 Å². The van der Waals surface area contributed by atoms with E-state index in [0.29, 0.717) is 16.9 Å². The molecule has 1 saturated carbocycles. The molecule has 0 spiro atoms. The van der Waals surface area contributed by atoms with Crippen LogP contribution in [0.2, 0.25) is 0 Å². The Morgan fingerprint density at radius 3 is 2.52 bits per heavy atom. The fourth-order valence-electron chi connectivity index (χ4n) is 3.05. The second-order valence-corrected chi connectivity index (χ2v) is 9.84. The molecule has 1 heterocycles. The molecule has 1 aromatic carbocycles. The van der Waals surface area contributed by atoms with Gasteiger partial charge in [0.25, 0.3) is 0 Å². The van der Waals surface area contributed by atoms with Crippen molar-refractivity contribution in [2.75, 3.05) is 0 Å². The normalized spacial score (nSPS) is 15.6. The van der Waals surface area contributed by atoms with E-state index in [0.717, 1.165) is 24.1 Å². The van der Waals surface area contributed by atoms with Crippen LogP contribution in [0.25, 0.3) is 0 Å². The summed E-state index contributed by atoms with van der Waals surface area (Å²) in [4.78, 5) is 9.46. The second-order valence-electron chi connectivity index (χ2n) is 8.83. The number of aliphatic imine (C=N–C) groups is 1. The summed E-state index contributed by atoms with van der Waals surface area (Å²) in [5.41, 5.74) is 0.387. The first-order valence-corrected chi connectivity index (χ1v) is 11.3. The van der Waals surface area contributed by atoms with Gasteiger partial charge in [-0.1, -0.05) is 20.8 Å². The molecule has 0 aliphatic heterocycles. The predicted molar refractivity (Wildman–Crippen MR) is 119 cm³/mol. The molecule has 0 atom stereocenters. The lowest BCUT2D eigenvalue weighted by Crippen LogP contribution is -2.25. The molecule has 33 heavy (non-hydrogen) atoms. The van der Waals surface area contributed by atoms with Gasteiger partial charge in [-0.05, 0) is 42.9 Å². The van der Waals surface area contributed by atoms with Crippen LogP contribution in [0.3, 0.4) is 0 Å². The van der Waals surface area contributed by atoms with Crippen molar-refractivity contribution in [3.63, 3.8) is 0 Å². The van der Waals surface area contributed by atoms with Crippen LogP contribution >= 0.6 is 11.3 Å². The lowest BCUT2D eigenvalue weighted by molar-refractivity contribution is -0.136. The summed E-state index contributed by atoms with van der Waals surface area (Å²) in [5.74, 6) is 0.429. The zero-order chi connectivity index (χ0) is 24.2. The number of rotatable bonds is 5. The van der Waals surface area contributed by atoms with Crippen LogP contribution in [-0.2, 0) is 12.0 Å². The van der Waals surface area contributed by atoms with E-state index in [-0.39, 0.29) is 28.7 Å². The zero-order valence-corrected chi connectivity index (χ0v) is 19.4. The number of halogens is 3. The molecule has 1 aromatic heterocycles. The number of thiazole rings is 1. The summed E-state index contributed by atoms with van der Waals surface area (Å²) in [6, 6.07) is 6.83. The smallest absolute Gasteiger partial charge is 0.390 e. The summed E-state index contributed by atoms with van der Waals surface area (Å²) in [6.45, 7) is 5.57. The van der Waals surface area contributed by atoms with E-state index >= 15 is 0 Å². The minimum atomic E-state index is -4.32. The van der Waals surface area contributed by atoms with E-state index in [2.05, 4.69) is 9.98 Å². The standard InChI is InChI=1S/C23H24F3N5OS/c1-22(2,3)19-13-31(10-9-23(24,25)26)21(33-19)30-20(29-14-28)17-11-15(12-27)7-8-18(17)32-16-5-4-6-16/h7-8,11,13,16H,4-6,9-10H2,1-3H3/b29-20+,30-21-. The van der Waals surface area contributed by atoms with Gasteiger partial charge in [-0.3, -0.25) is 0 Å². The number of nitriles is 2. The number of alkyl halides is 3. The van der Waals surface area contributed by atoms with Crippen molar-refractivity contribution in [3.05, 3.63) is 45.2 Å². The highest BCUT2D eigenvalue weighted by Crippen LogP contribution is 2.30. The minimum absolute atomic E-state index is 0.00742. The van der Waals surface area contributed by atoms with Crippen molar-refractivity contribution >= 4 is 17.2 Å². The van der Waals surface area contributed by atoms with Crippen LogP contribution in [0.1, 0.15) is 62.5 Å². The number of hydrogen-bond donors (Lipinski definition) is 0. The summed E-state index contributed by atoms with van der Waals surface area (Å²) in [5, 5.41) is 18.6. The van der Waals surface area contributed by atoms with E-state index in [9.17, 15) is 23.7 Å². The van der Waals surface area contributed by atoms with Gasteiger partial charge in [-0.25, -0.2) is 0 Å². The maximum Gasteiger partial charge on any atom is 0.390 e. The SMILES string of the molecule is CC(C)(C)c1cn(CCC(F)(F)F)/c(=N/C(=N/C#N)c2cc(C#N)ccc2OC2CCC2)s1. The Morgan fingerprint density at radius 1 is 1.24 bits per heavy atom. The Morgan fingerprint density at radius 2 is 1.97 bits per heavy atom. The Balaban J connectivity index is 2.12. The molecule has 1 aliphatic carbocycles. The van der Waals surface area contributed by atoms with Gasteiger partial charge in [-0.2, -0.15) is 33.7 Å². The Bertz CT molecular complexity index is 1180. The molecule has 3 rings (SSSR count). The largest absolute Gasteiger partial charge is 0.490 e. The highest BCUT2D eigenvalue weighted by atomic mass is 32.1. The lowest BCUT2D eigenvalue weighted by Gasteiger charge is -2.27. The predicted octanol–water partition coefficient (Wildman–Crippen LogP) is 5.43. The highest BCUT2D eigenvalue weighted by molar-refractivity contribution is 7.09. The number of hydrogen-bond acceptors (Lipinski definition) is 5. The average molecular weight is 476 g/mol. The summed E-state index contributed by atoms with van der Waals surface area (Å²) < 4.78 is 46.2. The van der Waals surface area contributed by atoms with Crippen molar-refractivity contribution in [1.29, 1.82) is 10.5 Å². The van der Waals surface area contributed by atoms with Gasteiger partial charge in [0.15, 0.2) is 10.6 Å². The summed E-state index contributed by atoms with van der Waals surface area (Å²) >= 11 is 1.24. The van der Waals surface area contributed by atoms with Gasteiger partial charge < -0.3 is 9.30 Å². The number of amidine groups is 1. The molecule has 174 valence electrons. The lowest BCUT2D eigenvalue weighted by atomic mass is 9.95. The van der Waals surface area contributed by atoms with Gasteiger partial charge in [0, 0.05) is 17.6 Å². The molecule has 0 saturated heterocycles. The highest BCUT2D eigenvalue weighted by Gasteiger charge is 2.28. The molecule has 2 aromatic rings. The third-order valence-electron chi connectivity index (χ3n) is 5.15. The van der Waals surface area contributed by atoms with Crippen LogP contribution in [-0.4, -0.2) is 22.7 Å². The van der Waals surface area contributed by atoms with Crippen molar-refractivity contribution in [2.45, 2.75) is 70.7 Å². The van der Waals surface area contributed by atoms with E-state index < -0.39 is 12.6 Å². The fraction of sp³-hybridized carbons (Fsp3) is 0.478. The Kier molecular flexibility index (Phi) is 7.28. The van der Waals surface area contributed by atoms with Crippen LogP contribution in [0, 0.1) is 22.8 Å². The molecule has 6 nitrogen and oxygen atoms in total. The van der Waals surface area contributed by atoms with Crippen molar-refractivity contribution in [3.8, 4) is 18.0 Å². The van der Waals surface area contributed by atoms with Gasteiger partial charge in [0.2, 0.25) is 6.19 Å². The number of nitrogens with zero attached hydrogens (tertiary/aromatic N) is 5. The Labute approximate surface area is 194 Å². The molecule has 1 fully saturated rings. The second kappa shape index (κ2) is 9.80. The van der Waals surface area contributed by atoms with Crippen molar-refractivity contribution in [1.82, 2.24) is 4.57 Å². The first kappa shape index (κ1) is 24.5. The van der Waals surface area contributed by atoms with Crippen LogP contribution in [0.5, 0.6) is 5.75 Å². The monoisotopic (exact) mass is 475 g/mol. The maximum atomic E-state index is 12.9. The van der Waals surface area contributed by atoms with E-state index in [4.69, 9.17) is 4.74 Å². The molecular weight excluding hydrogens is 451 g/mol. The zero-order valence-electron chi connectivity index (χ0n) is 18.6. The van der Waals surface area contributed by atoms with E-state index in [1.54, 1.807) is 24.5 Å². The molecule has 0 N–H and O–H groups in total. The van der Waals surface area contributed by atoms with Gasteiger partial charge in [0.1, 0.15) is 5.75 Å². The summed E-state index contributed by atoms with van der Waals surface area (Å²) in [7, 11) is 0. The minimum Gasteiger partial charge on any atom is -0.490 e. The topological polar surface area (TPSA) is 86.5 Å². The molecule has 0 unspecified atom stereocenters. The number of benzene rings is 1. The molecule has 1 aliphatic rings. The third kappa shape index (κ3) is 6.45. The first-order valence-electron chi connectivity index (χ1n) is 10.5. The molecule has 10 heteroatoms. The van der Waals surface area contributed by atoms with Crippen LogP contribution in [0.4, 0.5) is 13.2 Å². The van der Waals surface area contributed by atoms with Gasteiger partial charge in [0.05, 0.1) is 29.7 Å². The molecular formula is C23H24F3N5OS. The number of aryl methyl sites for hydroxylation is 1. The first-order chi connectivity index (χ1) is 15.5. The molecule has 0 bridgehead atoms. The molecule has 0 amide bonds. The van der Waals surface area contributed by atoms with Crippen molar-refractivity contribution < 1.29 is 17.9 Å².